The molecule has 0 spiro atoms. The van der Waals surface area contributed by atoms with Gasteiger partial charge in [0.15, 0.2) is 5.16 Å². The van der Waals surface area contributed by atoms with Crippen molar-refractivity contribution in [2.75, 3.05) is 5.75 Å². The summed E-state index contributed by atoms with van der Waals surface area (Å²) in [6, 6.07) is 4.06. The van der Waals surface area contributed by atoms with E-state index in [1.54, 1.807) is 0 Å². The molecule has 1 fully saturated rings. The van der Waals surface area contributed by atoms with Gasteiger partial charge in [-0.05, 0) is 36.5 Å². The lowest BCUT2D eigenvalue weighted by Gasteiger charge is -2.21. The van der Waals surface area contributed by atoms with Crippen molar-refractivity contribution >= 4 is 17.7 Å². The van der Waals surface area contributed by atoms with E-state index in [-0.39, 0.29) is 11.7 Å². The maximum absolute atomic E-state index is 11.3. The summed E-state index contributed by atoms with van der Waals surface area (Å²) in [6.45, 7) is 2.94. The molecule has 1 aliphatic rings. The Hall–Kier alpha value is -1.82. The lowest BCUT2D eigenvalue weighted by molar-refractivity contribution is -0.115. The number of nitrogens with two attached hydrogens (primary N) is 1. The molecule has 0 atom stereocenters. The monoisotopic (exact) mass is 372 g/mol. The van der Waals surface area contributed by atoms with E-state index in [4.69, 9.17) is 10.7 Å². The Kier molecular flexibility index (Phi) is 6.72. The zero-order valence-corrected chi connectivity index (χ0v) is 16.3. The number of rotatable bonds is 8. The van der Waals surface area contributed by atoms with Gasteiger partial charge >= 0.3 is 0 Å². The van der Waals surface area contributed by atoms with Crippen molar-refractivity contribution in [3.8, 4) is 0 Å². The highest BCUT2D eigenvalue weighted by molar-refractivity contribution is 7.99. The van der Waals surface area contributed by atoms with Crippen LogP contribution in [0.4, 0.5) is 0 Å². The zero-order valence-electron chi connectivity index (χ0n) is 15.5. The number of thioether (sulfide) groups is 1. The standard InChI is InChI=1S/C20H28N4OS/c1-2-18-17(12-15-6-4-3-5-7-15)23-20(26-14-19(21)25)24(18)13-16-8-10-22-11-9-16/h8-11,15H,2-7,12-14H2,1H3,(H2,21,25). The average molecular weight is 373 g/mol. The molecule has 2 N–H and O–H groups in total. The summed E-state index contributed by atoms with van der Waals surface area (Å²) >= 11 is 1.45. The molecule has 2 aromatic heterocycles. The normalized spacial score (nSPS) is 15.3. The third kappa shape index (κ3) is 4.87. The number of hydrogen-bond donors (Lipinski definition) is 1. The van der Waals surface area contributed by atoms with E-state index in [1.807, 2.05) is 24.5 Å². The highest BCUT2D eigenvalue weighted by Gasteiger charge is 2.21. The summed E-state index contributed by atoms with van der Waals surface area (Å²) in [5.74, 6) is 0.701. The van der Waals surface area contributed by atoms with Crippen LogP contribution in [0.1, 0.15) is 56.0 Å². The molecule has 0 aliphatic heterocycles. The van der Waals surface area contributed by atoms with Gasteiger partial charge in [0, 0.05) is 24.6 Å². The van der Waals surface area contributed by atoms with E-state index in [0.717, 1.165) is 30.5 Å². The number of carbonyl (C=O) groups is 1. The second kappa shape index (κ2) is 9.21. The van der Waals surface area contributed by atoms with Crippen molar-refractivity contribution in [3.63, 3.8) is 0 Å². The van der Waals surface area contributed by atoms with Crippen LogP contribution in [0.3, 0.4) is 0 Å². The third-order valence-electron chi connectivity index (χ3n) is 5.10. The molecule has 140 valence electrons. The fourth-order valence-electron chi connectivity index (χ4n) is 3.81. The Labute approximate surface area is 159 Å². The van der Waals surface area contributed by atoms with Gasteiger partial charge in [-0.1, -0.05) is 50.8 Å². The molecule has 1 amide bonds. The van der Waals surface area contributed by atoms with Crippen LogP contribution >= 0.6 is 11.8 Å². The Bertz CT molecular complexity index is 723. The molecule has 3 rings (SSSR count). The molecular weight excluding hydrogens is 344 g/mol. The number of carbonyl (C=O) groups excluding carboxylic acids is 1. The first kappa shape index (κ1) is 19.0. The Balaban J connectivity index is 1.88. The maximum Gasteiger partial charge on any atom is 0.227 e. The van der Waals surface area contributed by atoms with Crippen molar-refractivity contribution < 1.29 is 4.79 Å². The molecule has 0 bridgehead atoms. The SMILES string of the molecule is CCc1c(CC2CCCCC2)nc(SCC(N)=O)n1Cc1ccncc1. The minimum atomic E-state index is -0.305. The Morgan fingerprint density at radius 1 is 1.27 bits per heavy atom. The molecule has 6 heteroatoms. The first-order valence-corrected chi connectivity index (χ1v) is 10.5. The lowest BCUT2D eigenvalue weighted by atomic mass is 9.86. The topological polar surface area (TPSA) is 73.8 Å². The molecule has 26 heavy (non-hydrogen) atoms. The second-order valence-electron chi connectivity index (χ2n) is 7.05. The first-order chi connectivity index (χ1) is 12.7. The van der Waals surface area contributed by atoms with Gasteiger partial charge in [0.05, 0.1) is 11.4 Å². The Morgan fingerprint density at radius 3 is 2.65 bits per heavy atom. The second-order valence-corrected chi connectivity index (χ2v) is 7.99. The van der Waals surface area contributed by atoms with Crippen LogP contribution in [0.2, 0.25) is 0 Å². The number of imidazole rings is 1. The van der Waals surface area contributed by atoms with Crippen LogP contribution in [-0.2, 0) is 24.2 Å². The van der Waals surface area contributed by atoms with Crippen LogP contribution in [0.15, 0.2) is 29.7 Å². The van der Waals surface area contributed by atoms with Gasteiger partial charge in [0.25, 0.3) is 0 Å². The number of nitrogens with zero attached hydrogens (tertiary/aromatic N) is 3. The van der Waals surface area contributed by atoms with Crippen LogP contribution in [0.25, 0.3) is 0 Å². The summed E-state index contributed by atoms with van der Waals surface area (Å²) < 4.78 is 2.26. The van der Waals surface area contributed by atoms with Crippen LogP contribution in [0, 0.1) is 5.92 Å². The van der Waals surface area contributed by atoms with Gasteiger partial charge < -0.3 is 10.3 Å². The first-order valence-electron chi connectivity index (χ1n) is 9.55. The van der Waals surface area contributed by atoms with Crippen molar-refractivity contribution in [1.29, 1.82) is 0 Å². The quantitative estimate of drug-likeness (QED) is 0.719. The summed E-state index contributed by atoms with van der Waals surface area (Å²) in [5.41, 5.74) is 9.06. The maximum atomic E-state index is 11.3. The molecule has 1 saturated carbocycles. The van der Waals surface area contributed by atoms with Crippen molar-refractivity contribution in [2.45, 2.75) is 63.6 Å². The van der Waals surface area contributed by atoms with Crippen molar-refractivity contribution in [3.05, 3.63) is 41.5 Å². The average Bonchev–Trinajstić information content (AvgIpc) is 2.98. The molecule has 2 heterocycles. The van der Waals surface area contributed by atoms with E-state index in [9.17, 15) is 4.79 Å². The van der Waals surface area contributed by atoms with Crippen LogP contribution in [-0.4, -0.2) is 26.2 Å². The fraction of sp³-hybridized carbons (Fsp3) is 0.550. The zero-order chi connectivity index (χ0) is 18.4. The number of pyridine rings is 1. The van der Waals surface area contributed by atoms with Crippen LogP contribution < -0.4 is 5.73 Å². The van der Waals surface area contributed by atoms with Gasteiger partial charge in [-0.25, -0.2) is 4.98 Å². The largest absolute Gasteiger partial charge is 0.369 e. The molecular formula is C20H28N4OS. The summed E-state index contributed by atoms with van der Waals surface area (Å²) in [6.07, 6.45) is 12.3. The van der Waals surface area contributed by atoms with Gasteiger partial charge in [-0.2, -0.15) is 0 Å². The van der Waals surface area contributed by atoms with Gasteiger partial charge in [-0.3, -0.25) is 9.78 Å². The van der Waals surface area contributed by atoms with Crippen molar-refractivity contribution in [1.82, 2.24) is 14.5 Å². The smallest absolute Gasteiger partial charge is 0.227 e. The summed E-state index contributed by atoms with van der Waals surface area (Å²) in [5, 5.41) is 0.906. The molecule has 2 aromatic rings. The van der Waals surface area contributed by atoms with Gasteiger partial charge in [0.1, 0.15) is 0 Å². The van der Waals surface area contributed by atoms with E-state index in [0.29, 0.717) is 0 Å². The van der Waals surface area contributed by atoms with E-state index < -0.39 is 0 Å². The number of amides is 1. The fourth-order valence-corrected chi connectivity index (χ4v) is 4.59. The highest BCUT2D eigenvalue weighted by Crippen LogP contribution is 2.30. The minimum Gasteiger partial charge on any atom is -0.369 e. The molecule has 0 aromatic carbocycles. The van der Waals surface area contributed by atoms with Crippen molar-refractivity contribution in [2.24, 2.45) is 11.7 Å². The predicted molar refractivity (Wildman–Crippen MR) is 105 cm³/mol. The summed E-state index contributed by atoms with van der Waals surface area (Å²) in [4.78, 5) is 20.3. The predicted octanol–water partition coefficient (Wildman–Crippen LogP) is 3.59. The third-order valence-corrected chi connectivity index (χ3v) is 6.09. The molecule has 0 saturated heterocycles. The van der Waals surface area contributed by atoms with Gasteiger partial charge in [-0.15, -0.1) is 0 Å². The highest BCUT2D eigenvalue weighted by atomic mass is 32.2. The van der Waals surface area contributed by atoms with Gasteiger partial charge in [0.2, 0.25) is 5.91 Å². The van der Waals surface area contributed by atoms with Crippen LogP contribution in [0.5, 0.6) is 0 Å². The number of primary amides is 1. The lowest BCUT2D eigenvalue weighted by Crippen LogP contribution is -2.14. The van der Waals surface area contributed by atoms with E-state index in [1.165, 1.54) is 60.8 Å². The molecule has 0 unspecified atom stereocenters. The molecule has 5 nitrogen and oxygen atoms in total. The Morgan fingerprint density at radius 2 is 2.00 bits per heavy atom. The molecule has 0 radical (unpaired) electrons. The summed E-state index contributed by atoms with van der Waals surface area (Å²) in [7, 11) is 0. The van der Waals surface area contributed by atoms with E-state index in [2.05, 4.69) is 16.5 Å². The van der Waals surface area contributed by atoms with E-state index >= 15 is 0 Å². The minimum absolute atomic E-state index is 0.263. The number of hydrogen-bond acceptors (Lipinski definition) is 4. The molecule has 1 aliphatic carbocycles. The number of aromatic nitrogens is 3.